The molecule has 1 radical (unpaired) electrons. The van der Waals surface area contributed by atoms with Crippen LogP contribution in [0.25, 0.3) is 0 Å². The summed E-state index contributed by atoms with van der Waals surface area (Å²) in [4.78, 5) is 14.1. The molecular formula is C19H27CuF12N3O2Sb2. The monoisotopic (exact) mass is 862 g/mol. The van der Waals surface area contributed by atoms with Crippen LogP contribution in [0.5, 0.6) is 0 Å². The molecule has 0 spiro atoms. The number of ether oxygens (including phenoxy) is 2. The van der Waals surface area contributed by atoms with Gasteiger partial charge in [0.15, 0.2) is 0 Å². The predicted molar refractivity (Wildman–Crippen MR) is 121 cm³/mol. The van der Waals surface area contributed by atoms with E-state index >= 15 is 0 Å². The first-order chi connectivity index (χ1) is 16.0. The van der Waals surface area contributed by atoms with Crippen LogP contribution >= 0.6 is 0 Å². The summed E-state index contributed by atoms with van der Waals surface area (Å²) in [6, 6.07) is 6.10. The molecule has 1 aromatic heterocycles. The first-order valence-corrected chi connectivity index (χ1v) is 22.1. The van der Waals surface area contributed by atoms with Gasteiger partial charge in [0.25, 0.3) is 0 Å². The Hall–Kier alpha value is -0.594. The van der Waals surface area contributed by atoms with Gasteiger partial charge in [-0.25, -0.2) is 15.0 Å². The van der Waals surface area contributed by atoms with Crippen molar-refractivity contribution in [3.05, 3.63) is 29.6 Å². The third-order valence-corrected chi connectivity index (χ3v) is 4.49. The van der Waals surface area contributed by atoms with Gasteiger partial charge in [-0.1, -0.05) is 47.6 Å². The van der Waals surface area contributed by atoms with Crippen LogP contribution in [0.15, 0.2) is 28.2 Å². The predicted octanol–water partition coefficient (Wildman–Crippen LogP) is 7.74. The van der Waals surface area contributed by atoms with Gasteiger partial charge in [-0.2, -0.15) is 0 Å². The molecule has 0 aromatic carbocycles. The number of pyridine rings is 1. The van der Waals surface area contributed by atoms with Gasteiger partial charge in [-0.05, 0) is 23.0 Å². The average Bonchev–Trinajstić information content (AvgIpc) is 3.25. The van der Waals surface area contributed by atoms with Gasteiger partial charge in [-0.15, -0.1) is 0 Å². The number of aromatic nitrogens is 1. The van der Waals surface area contributed by atoms with E-state index in [9.17, 15) is 33.8 Å². The molecule has 0 saturated carbocycles. The fraction of sp³-hybridized carbons (Fsp3) is 0.632. The van der Waals surface area contributed by atoms with Crippen molar-refractivity contribution in [3.63, 3.8) is 0 Å². The molecule has 2 aliphatic heterocycles. The second-order valence-corrected chi connectivity index (χ2v) is 21.5. The fourth-order valence-electron chi connectivity index (χ4n) is 2.59. The molecule has 3 heterocycles. The molecular weight excluding hydrogens is 837 g/mol. The van der Waals surface area contributed by atoms with E-state index in [1.807, 2.05) is 18.2 Å². The molecule has 0 fully saturated rings. The molecule has 0 bridgehead atoms. The SMILES string of the molecule is CC(C)(C)[C@H]1COC(c2cccc(C3=N[C@@H](C(C)(C)C)CO3)n2)=N1.[Cu+2].[F][Sb-]([F])([F])([F])([F])[F].[F][Sb-]([F])([F])([F])([F])[F]. The molecule has 2 atom stereocenters. The minimum absolute atomic E-state index is 0. The Balaban J connectivity index is 0.000000801. The zero-order chi connectivity index (χ0) is 30.4. The number of hydrogen-bond acceptors (Lipinski definition) is 5. The van der Waals surface area contributed by atoms with Crippen molar-refractivity contribution in [1.29, 1.82) is 0 Å². The standard InChI is InChI=1S/C19H27N3O2.Cu.12FH.2Sb/c1-18(2,3)14-10-23-16(21-14)12-8-7-9-13(20-12)17-22-15(11-24-17)19(4,5)6;;;;;;;;;;;;;;;/h7-9,14-15H,10-11H2,1-6H3;;12*1H;;/q;+2;;;;;;;;;;;;;2*+5/p-12/t14-,15-;;;;;;;;;;;;;;;/m1.............../s1. The molecule has 39 heavy (non-hydrogen) atoms. The van der Waals surface area contributed by atoms with Crippen molar-refractivity contribution in [1.82, 2.24) is 4.98 Å². The van der Waals surface area contributed by atoms with E-state index in [1.54, 1.807) is 0 Å². The Labute approximate surface area is 232 Å². The number of hydrogen-bond donors (Lipinski definition) is 0. The van der Waals surface area contributed by atoms with Crippen molar-refractivity contribution in [2.45, 2.75) is 53.6 Å². The van der Waals surface area contributed by atoms with Crippen LogP contribution in [0.2, 0.25) is 0 Å². The van der Waals surface area contributed by atoms with Crippen molar-refractivity contribution in [3.8, 4) is 0 Å². The summed E-state index contributed by atoms with van der Waals surface area (Å²) in [5.74, 6) is 1.23. The van der Waals surface area contributed by atoms with E-state index in [2.05, 4.69) is 46.5 Å². The zero-order valence-corrected chi connectivity index (χ0v) is 27.2. The minimum atomic E-state index is -11.2. The van der Waals surface area contributed by atoms with Crippen LogP contribution in [-0.4, -0.2) is 81.0 Å². The first-order valence-electron chi connectivity index (χ1n) is 10.6. The molecule has 235 valence electrons. The molecule has 0 unspecified atom stereocenters. The van der Waals surface area contributed by atoms with E-state index in [4.69, 9.17) is 19.5 Å². The summed E-state index contributed by atoms with van der Waals surface area (Å²) in [5, 5.41) is 0. The molecule has 1 aromatic rings. The summed E-state index contributed by atoms with van der Waals surface area (Å²) in [5.41, 5.74) is 1.64. The number of nitrogens with zero attached hydrogens (tertiary/aromatic N) is 3. The molecule has 2 aliphatic rings. The molecule has 3 rings (SSSR count). The van der Waals surface area contributed by atoms with Crippen LogP contribution in [0, 0.1) is 10.8 Å². The molecule has 0 saturated heterocycles. The van der Waals surface area contributed by atoms with Crippen LogP contribution in [-0.2, 0) is 26.5 Å². The second kappa shape index (κ2) is 10.3. The number of rotatable bonds is 2. The topological polar surface area (TPSA) is 56.1 Å². The first kappa shape index (κ1) is 38.4. The van der Waals surface area contributed by atoms with Crippen LogP contribution in [0.4, 0.5) is 33.8 Å². The normalized spacial score (nSPS) is 23.2. The Morgan fingerprint density at radius 2 is 0.872 bits per heavy atom. The van der Waals surface area contributed by atoms with E-state index in [1.165, 1.54) is 0 Å². The Morgan fingerprint density at radius 3 is 1.08 bits per heavy atom. The Kier molecular flexibility index (Phi) is 10.1. The second-order valence-electron chi connectivity index (χ2n) is 10.6. The quantitative estimate of drug-likeness (QED) is 0.226. The number of halogens is 12. The fourth-order valence-corrected chi connectivity index (χ4v) is 2.59. The van der Waals surface area contributed by atoms with Crippen LogP contribution in [0.1, 0.15) is 52.9 Å². The molecule has 20 heteroatoms. The summed E-state index contributed by atoms with van der Waals surface area (Å²) in [6.45, 7) is 14.2. The molecule has 0 N–H and O–H groups in total. The van der Waals surface area contributed by atoms with Gasteiger partial charge in [0.1, 0.15) is 24.6 Å². The Morgan fingerprint density at radius 1 is 0.615 bits per heavy atom. The average molecular weight is 864 g/mol. The third kappa shape index (κ3) is 20.9. The summed E-state index contributed by atoms with van der Waals surface area (Å²) < 4.78 is 131. The van der Waals surface area contributed by atoms with E-state index in [0.717, 1.165) is 11.4 Å². The van der Waals surface area contributed by atoms with Gasteiger partial charge in [0.2, 0.25) is 11.8 Å². The Bertz CT molecular complexity index is 989. The third-order valence-electron chi connectivity index (χ3n) is 4.49. The molecule has 0 aliphatic carbocycles. The molecule has 5 nitrogen and oxygen atoms in total. The maximum atomic E-state index is 9.93. The van der Waals surface area contributed by atoms with Gasteiger partial charge in [0.05, 0.1) is 12.1 Å². The van der Waals surface area contributed by atoms with Crippen molar-refractivity contribution >= 4 is 50.7 Å². The molecule has 0 amide bonds. The van der Waals surface area contributed by atoms with E-state index < -0.39 is 39.0 Å². The maximum absolute atomic E-state index is 11.2. The van der Waals surface area contributed by atoms with Crippen LogP contribution in [0.3, 0.4) is 0 Å². The summed E-state index contributed by atoms with van der Waals surface area (Å²) in [7, 11) is 0. The van der Waals surface area contributed by atoms with Gasteiger partial charge in [0, 0.05) is 0 Å². The van der Waals surface area contributed by atoms with Gasteiger partial charge < -0.3 is 9.47 Å². The van der Waals surface area contributed by atoms with Crippen molar-refractivity contribution < 1.29 is 60.3 Å². The van der Waals surface area contributed by atoms with Gasteiger partial charge >= 0.3 is 89.8 Å². The zero-order valence-electron chi connectivity index (χ0n) is 21.2. The van der Waals surface area contributed by atoms with Gasteiger partial charge in [-0.3, -0.25) is 0 Å². The van der Waals surface area contributed by atoms with Crippen molar-refractivity contribution in [2.24, 2.45) is 20.8 Å². The van der Waals surface area contributed by atoms with Crippen molar-refractivity contribution in [2.75, 3.05) is 13.2 Å². The summed E-state index contributed by atoms with van der Waals surface area (Å²) >= 11 is -22.5. The number of aliphatic imine (C=N–C) groups is 2. The van der Waals surface area contributed by atoms with E-state index in [-0.39, 0.29) is 40.0 Å². The summed E-state index contributed by atoms with van der Waals surface area (Å²) in [6.07, 6.45) is 0. The van der Waals surface area contributed by atoms with Crippen LogP contribution < -0.4 is 0 Å². The van der Waals surface area contributed by atoms with E-state index in [0.29, 0.717) is 25.0 Å².